The zero-order valence-electron chi connectivity index (χ0n) is 14.3. The van der Waals surface area contributed by atoms with Crippen molar-refractivity contribution in [2.75, 3.05) is 19.6 Å². The Hall–Kier alpha value is -2.32. The van der Waals surface area contributed by atoms with E-state index >= 15 is 0 Å². The molecule has 1 aliphatic rings. The standard InChI is InChI=1S/C17H20F4N2O3/c1-16(2,10-4-3-5-11(18)6-10)9-22-15(26)23-7-12(14(24)25)13(8-23)17(19,20)21/h3-6,12-13H,7-9H2,1-2H3,(H,22,26)(H,24,25)/t12-,13-/m1/s1. The lowest BCUT2D eigenvalue weighted by molar-refractivity contribution is -0.187. The lowest BCUT2D eigenvalue weighted by atomic mass is 9.84. The van der Waals surface area contributed by atoms with Crippen molar-refractivity contribution in [1.82, 2.24) is 10.2 Å². The molecule has 2 N–H and O–H groups in total. The molecule has 2 atom stereocenters. The van der Waals surface area contributed by atoms with Crippen molar-refractivity contribution in [3.05, 3.63) is 35.6 Å². The molecular formula is C17H20F4N2O3. The summed E-state index contributed by atoms with van der Waals surface area (Å²) in [6.07, 6.45) is -4.70. The van der Waals surface area contributed by atoms with Gasteiger partial charge < -0.3 is 15.3 Å². The van der Waals surface area contributed by atoms with Gasteiger partial charge in [0.25, 0.3) is 0 Å². The fraction of sp³-hybridized carbons (Fsp3) is 0.529. The second kappa shape index (κ2) is 7.13. The van der Waals surface area contributed by atoms with E-state index in [4.69, 9.17) is 5.11 Å². The summed E-state index contributed by atoms with van der Waals surface area (Å²) in [6, 6.07) is 5.05. The van der Waals surface area contributed by atoms with Gasteiger partial charge in [0.1, 0.15) is 5.82 Å². The highest BCUT2D eigenvalue weighted by Crippen LogP contribution is 2.37. The van der Waals surface area contributed by atoms with Gasteiger partial charge in [-0.1, -0.05) is 26.0 Å². The Labute approximate surface area is 148 Å². The first-order valence-electron chi connectivity index (χ1n) is 8.00. The highest BCUT2D eigenvalue weighted by molar-refractivity contribution is 5.77. The second-order valence-corrected chi connectivity index (χ2v) is 7.05. The van der Waals surface area contributed by atoms with Gasteiger partial charge in [0.15, 0.2) is 0 Å². The van der Waals surface area contributed by atoms with E-state index < -0.39 is 54.3 Å². The molecule has 0 aromatic heterocycles. The zero-order valence-corrected chi connectivity index (χ0v) is 14.3. The number of hydrogen-bond donors (Lipinski definition) is 2. The second-order valence-electron chi connectivity index (χ2n) is 7.05. The summed E-state index contributed by atoms with van der Waals surface area (Å²) >= 11 is 0. The van der Waals surface area contributed by atoms with Crippen LogP contribution in [0.1, 0.15) is 19.4 Å². The van der Waals surface area contributed by atoms with Crippen molar-refractivity contribution >= 4 is 12.0 Å². The molecule has 1 heterocycles. The number of urea groups is 1. The first-order chi connectivity index (χ1) is 11.9. The third-order valence-electron chi connectivity index (χ3n) is 4.63. The van der Waals surface area contributed by atoms with E-state index in [1.807, 2.05) is 0 Å². The maximum absolute atomic E-state index is 13.4. The van der Waals surface area contributed by atoms with Gasteiger partial charge in [0, 0.05) is 25.0 Å². The fourth-order valence-corrected chi connectivity index (χ4v) is 2.97. The fourth-order valence-electron chi connectivity index (χ4n) is 2.97. The lowest BCUT2D eigenvalue weighted by Gasteiger charge is -2.27. The van der Waals surface area contributed by atoms with E-state index in [-0.39, 0.29) is 6.54 Å². The molecule has 0 aliphatic carbocycles. The van der Waals surface area contributed by atoms with E-state index in [1.54, 1.807) is 19.9 Å². The van der Waals surface area contributed by atoms with Gasteiger partial charge in [-0.3, -0.25) is 4.79 Å². The number of alkyl halides is 3. The van der Waals surface area contributed by atoms with Crippen LogP contribution in [0.4, 0.5) is 22.4 Å². The molecule has 1 saturated heterocycles. The minimum absolute atomic E-state index is 0.0558. The molecule has 1 fully saturated rings. The smallest absolute Gasteiger partial charge is 0.394 e. The number of likely N-dealkylation sites (tertiary alicyclic amines) is 1. The minimum Gasteiger partial charge on any atom is -0.481 e. The van der Waals surface area contributed by atoms with Crippen LogP contribution in [0.2, 0.25) is 0 Å². The molecular weight excluding hydrogens is 356 g/mol. The highest BCUT2D eigenvalue weighted by Gasteiger charge is 2.53. The average molecular weight is 376 g/mol. The van der Waals surface area contributed by atoms with Gasteiger partial charge in [-0.2, -0.15) is 13.2 Å². The summed E-state index contributed by atoms with van der Waals surface area (Å²) in [5, 5.41) is 11.5. The molecule has 9 heteroatoms. The van der Waals surface area contributed by atoms with Gasteiger partial charge in [-0.05, 0) is 17.7 Å². The normalized spacial score (nSPS) is 20.9. The first-order valence-corrected chi connectivity index (χ1v) is 8.00. The number of hydrogen-bond acceptors (Lipinski definition) is 2. The van der Waals surface area contributed by atoms with Crippen molar-refractivity contribution in [3.8, 4) is 0 Å². The molecule has 144 valence electrons. The molecule has 0 spiro atoms. The molecule has 26 heavy (non-hydrogen) atoms. The summed E-state index contributed by atoms with van der Waals surface area (Å²) in [6.45, 7) is 2.36. The number of carbonyl (C=O) groups excluding carboxylic acids is 1. The number of nitrogens with zero attached hydrogens (tertiary/aromatic N) is 1. The maximum Gasteiger partial charge on any atom is 0.394 e. The van der Waals surface area contributed by atoms with E-state index in [2.05, 4.69) is 5.32 Å². The average Bonchev–Trinajstić information content (AvgIpc) is 2.98. The first kappa shape index (κ1) is 20.0. The van der Waals surface area contributed by atoms with Gasteiger partial charge in [-0.25, -0.2) is 9.18 Å². The number of aliphatic carboxylic acids is 1. The maximum atomic E-state index is 13.4. The number of benzene rings is 1. The van der Waals surface area contributed by atoms with Gasteiger partial charge in [-0.15, -0.1) is 0 Å². The summed E-state index contributed by atoms with van der Waals surface area (Å²) in [5.74, 6) is -5.79. The van der Waals surface area contributed by atoms with Crippen LogP contribution in [0.3, 0.4) is 0 Å². The van der Waals surface area contributed by atoms with Crippen molar-refractivity contribution in [2.45, 2.75) is 25.4 Å². The van der Waals surface area contributed by atoms with Crippen LogP contribution in [0.15, 0.2) is 24.3 Å². The largest absolute Gasteiger partial charge is 0.481 e. The van der Waals surface area contributed by atoms with Crippen LogP contribution in [0.5, 0.6) is 0 Å². The number of nitrogens with one attached hydrogen (secondary N) is 1. The summed E-state index contributed by atoms with van der Waals surface area (Å²) < 4.78 is 52.3. The minimum atomic E-state index is -4.70. The van der Waals surface area contributed by atoms with Crippen LogP contribution < -0.4 is 5.32 Å². The van der Waals surface area contributed by atoms with Crippen molar-refractivity contribution in [3.63, 3.8) is 0 Å². The lowest BCUT2D eigenvalue weighted by Crippen LogP contribution is -2.44. The summed E-state index contributed by atoms with van der Waals surface area (Å²) in [7, 11) is 0. The van der Waals surface area contributed by atoms with Crippen LogP contribution in [-0.4, -0.2) is 47.8 Å². The molecule has 2 rings (SSSR count). The third kappa shape index (κ3) is 4.44. The summed E-state index contributed by atoms with van der Waals surface area (Å²) in [4.78, 5) is 24.1. The molecule has 1 aromatic carbocycles. The Balaban J connectivity index is 2.03. The molecule has 2 amide bonds. The van der Waals surface area contributed by atoms with E-state index in [0.29, 0.717) is 5.56 Å². The Kier molecular flexibility index (Phi) is 5.48. The predicted octanol–water partition coefficient (Wildman–Crippen LogP) is 3.01. The highest BCUT2D eigenvalue weighted by atomic mass is 19.4. The number of carbonyl (C=O) groups is 2. The van der Waals surface area contributed by atoms with Crippen molar-refractivity contribution in [1.29, 1.82) is 0 Å². The van der Waals surface area contributed by atoms with Crippen LogP contribution >= 0.6 is 0 Å². The van der Waals surface area contributed by atoms with Gasteiger partial charge >= 0.3 is 18.2 Å². The van der Waals surface area contributed by atoms with E-state index in [0.717, 1.165) is 4.90 Å². The Bertz CT molecular complexity index is 691. The molecule has 0 radical (unpaired) electrons. The summed E-state index contributed by atoms with van der Waals surface area (Å²) in [5.41, 5.74) is -0.0385. The van der Waals surface area contributed by atoms with Gasteiger partial charge in [0.05, 0.1) is 11.8 Å². The Morgan fingerprint density at radius 3 is 2.42 bits per heavy atom. The van der Waals surface area contributed by atoms with Gasteiger partial charge in [0.2, 0.25) is 0 Å². The SMILES string of the molecule is CC(C)(CNC(=O)N1C[C@@H](C(F)(F)F)[C@H](C(=O)O)C1)c1cccc(F)c1. The molecule has 0 unspecified atom stereocenters. The van der Waals surface area contributed by atoms with Crippen molar-refractivity contribution in [2.24, 2.45) is 11.8 Å². The van der Waals surface area contributed by atoms with Crippen LogP contribution in [0.25, 0.3) is 0 Å². The topological polar surface area (TPSA) is 69.6 Å². The molecule has 0 bridgehead atoms. The van der Waals surface area contributed by atoms with Crippen molar-refractivity contribution < 1.29 is 32.3 Å². The zero-order chi connectivity index (χ0) is 19.7. The molecule has 5 nitrogen and oxygen atoms in total. The molecule has 1 aromatic rings. The predicted molar refractivity (Wildman–Crippen MR) is 85.1 cm³/mol. The third-order valence-corrected chi connectivity index (χ3v) is 4.63. The van der Waals surface area contributed by atoms with E-state index in [1.165, 1.54) is 18.2 Å². The number of halogens is 4. The van der Waals surface area contributed by atoms with Crippen LogP contribution in [-0.2, 0) is 10.2 Å². The molecule has 0 saturated carbocycles. The molecule has 1 aliphatic heterocycles. The van der Waals surface area contributed by atoms with E-state index in [9.17, 15) is 27.2 Å². The Morgan fingerprint density at radius 1 is 1.27 bits per heavy atom. The monoisotopic (exact) mass is 376 g/mol. The number of carboxylic acid groups (broad SMARTS) is 1. The number of carboxylic acids is 1. The van der Waals surface area contributed by atoms with Crippen LogP contribution in [0, 0.1) is 17.7 Å². The number of rotatable bonds is 4. The quantitative estimate of drug-likeness (QED) is 0.794. The Morgan fingerprint density at radius 2 is 1.92 bits per heavy atom. The number of amides is 2.